The van der Waals surface area contributed by atoms with Crippen LogP contribution < -0.4 is 5.73 Å². The molecule has 2 heteroatoms. The zero-order valence-electron chi connectivity index (χ0n) is 8.59. The topological polar surface area (TPSA) is 49.8 Å². The van der Waals surface area contributed by atoms with Gasteiger partial charge in [0.1, 0.15) is 0 Å². The molecule has 0 heterocycles. The second-order valence-electron chi connectivity index (χ2n) is 3.40. The van der Waals surface area contributed by atoms with E-state index < -0.39 is 0 Å². The summed E-state index contributed by atoms with van der Waals surface area (Å²) in [5, 5.41) is 8.41. The van der Waals surface area contributed by atoms with Crippen molar-refractivity contribution in [2.24, 2.45) is 0 Å². The van der Waals surface area contributed by atoms with Gasteiger partial charge in [-0.25, -0.2) is 0 Å². The fraction of sp³-hybridized carbons (Fsp3) is 0.417. The van der Waals surface area contributed by atoms with Crippen molar-refractivity contribution in [2.45, 2.75) is 32.6 Å². The number of unbranched alkanes of at least 4 members (excludes halogenated alkanes) is 1. The summed E-state index contributed by atoms with van der Waals surface area (Å²) in [5.74, 6) is 0. The summed E-state index contributed by atoms with van der Waals surface area (Å²) in [4.78, 5) is 0. The van der Waals surface area contributed by atoms with Crippen molar-refractivity contribution in [1.82, 2.24) is 0 Å². The number of hydrogen-bond donors (Lipinski definition) is 1. The van der Waals surface area contributed by atoms with Gasteiger partial charge < -0.3 is 5.73 Å². The molecule has 0 saturated heterocycles. The molecule has 0 saturated carbocycles. The van der Waals surface area contributed by atoms with Crippen LogP contribution in [0.1, 0.15) is 30.9 Å². The number of anilines is 1. The molecule has 0 atom stereocenters. The lowest BCUT2D eigenvalue weighted by Crippen LogP contribution is -1.95. The van der Waals surface area contributed by atoms with Crippen molar-refractivity contribution in [3.05, 3.63) is 29.3 Å². The van der Waals surface area contributed by atoms with Crippen LogP contribution in [0.3, 0.4) is 0 Å². The van der Waals surface area contributed by atoms with Crippen molar-refractivity contribution in [3.8, 4) is 6.07 Å². The average molecular weight is 188 g/mol. The van der Waals surface area contributed by atoms with Gasteiger partial charge in [0.2, 0.25) is 0 Å². The first kappa shape index (κ1) is 10.6. The Morgan fingerprint density at radius 1 is 1.43 bits per heavy atom. The van der Waals surface area contributed by atoms with E-state index in [1.807, 2.05) is 6.07 Å². The van der Waals surface area contributed by atoms with Gasteiger partial charge in [0.05, 0.1) is 6.07 Å². The number of benzene rings is 1. The van der Waals surface area contributed by atoms with Gasteiger partial charge in [0.15, 0.2) is 0 Å². The Morgan fingerprint density at radius 2 is 2.21 bits per heavy atom. The van der Waals surface area contributed by atoms with Crippen molar-refractivity contribution in [3.63, 3.8) is 0 Å². The van der Waals surface area contributed by atoms with E-state index >= 15 is 0 Å². The van der Waals surface area contributed by atoms with Crippen molar-refractivity contribution in [1.29, 1.82) is 5.26 Å². The first-order valence-electron chi connectivity index (χ1n) is 5.02. The monoisotopic (exact) mass is 188 g/mol. The quantitative estimate of drug-likeness (QED) is 0.583. The number of nitrogen functional groups attached to an aromatic ring is 1. The van der Waals surface area contributed by atoms with Crippen LogP contribution in [-0.4, -0.2) is 0 Å². The maximum Gasteiger partial charge on any atom is 0.0621 e. The fourth-order valence-electron chi connectivity index (χ4n) is 1.49. The second kappa shape index (κ2) is 5.29. The summed E-state index contributed by atoms with van der Waals surface area (Å²) < 4.78 is 0. The van der Waals surface area contributed by atoms with E-state index in [1.54, 1.807) is 0 Å². The lowest BCUT2D eigenvalue weighted by Gasteiger charge is -2.05. The van der Waals surface area contributed by atoms with Gasteiger partial charge >= 0.3 is 0 Å². The molecule has 0 aliphatic heterocycles. The molecular weight excluding hydrogens is 172 g/mol. The molecule has 0 aliphatic carbocycles. The van der Waals surface area contributed by atoms with Crippen LogP contribution in [0.15, 0.2) is 18.2 Å². The third-order valence-electron chi connectivity index (χ3n) is 2.35. The van der Waals surface area contributed by atoms with Gasteiger partial charge in [-0.3, -0.25) is 0 Å². The Labute approximate surface area is 85.4 Å². The molecule has 0 bridgehead atoms. The molecule has 1 aromatic carbocycles. The number of rotatable bonds is 4. The number of nitrogens with zero attached hydrogens (tertiary/aromatic N) is 1. The second-order valence-corrected chi connectivity index (χ2v) is 3.40. The van der Waals surface area contributed by atoms with E-state index in [4.69, 9.17) is 11.0 Å². The van der Waals surface area contributed by atoms with Gasteiger partial charge in [-0.05, 0) is 36.5 Å². The zero-order valence-corrected chi connectivity index (χ0v) is 8.59. The minimum Gasteiger partial charge on any atom is -0.398 e. The molecule has 0 radical (unpaired) electrons. The molecule has 2 nitrogen and oxygen atoms in total. The summed E-state index contributed by atoms with van der Waals surface area (Å²) in [7, 11) is 0. The van der Waals surface area contributed by atoms with Crippen LogP contribution in [0.2, 0.25) is 0 Å². The first-order chi connectivity index (χ1) is 6.77. The van der Waals surface area contributed by atoms with Crippen molar-refractivity contribution < 1.29 is 0 Å². The fourth-order valence-corrected chi connectivity index (χ4v) is 1.49. The highest BCUT2D eigenvalue weighted by Gasteiger charge is 1.98. The SMILES string of the molecule is CCc1ccc(CCCC#N)cc1N. The molecule has 74 valence electrons. The van der Waals surface area contributed by atoms with Crippen LogP contribution >= 0.6 is 0 Å². The zero-order chi connectivity index (χ0) is 10.4. The van der Waals surface area contributed by atoms with Crippen LogP contribution in [0, 0.1) is 11.3 Å². The standard InChI is InChI=1S/C12H16N2/c1-2-11-7-6-10(9-12(11)14)5-3-4-8-13/h6-7,9H,2-5,14H2,1H3. The molecule has 1 rings (SSSR count). The first-order valence-corrected chi connectivity index (χ1v) is 5.02. The molecule has 0 spiro atoms. The molecular formula is C12H16N2. The third-order valence-corrected chi connectivity index (χ3v) is 2.35. The maximum atomic E-state index is 8.41. The number of nitrogens with two attached hydrogens (primary N) is 1. The smallest absolute Gasteiger partial charge is 0.0621 e. The summed E-state index contributed by atoms with van der Waals surface area (Å²) in [6, 6.07) is 8.35. The van der Waals surface area contributed by atoms with Crippen LogP contribution in [0.5, 0.6) is 0 Å². The van der Waals surface area contributed by atoms with E-state index in [0.717, 1.165) is 24.9 Å². The molecule has 0 amide bonds. The Balaban J connectivity index is 2.63. The predicted octanol–water partition coefficient (Wildman–Crippen LogP) is 2.68. The average Bonchev–Trinajstić information content (AvgIpc) is 2.18. The summed E-state index contributed by atoms with van der Waals surface area (Å²) in [6.07, 6.45) is 3.46. The molecule has 1 aromatic rings. The van der Waals surface area contributed by atoms with E-state index in [1.165, 1.54) is 11.1 Å². The van der Waals surface area contributed by atoms with E-state index in [-0.39, 0.29) is 0 Å². The molecule has 0 aliphatic rings. The predicted molar refractivity (Wildman–Crippen MR) is 58.8 cm³/mol. The largest absolute Gasteiger partial charge is 0.398 e. The Bertz CT molecular complexity index is 337. The minimum absolute atomic E-state index is 0.620. The summed E-state index contributed by atoms with van der Waals surface area (Å²) >= 11 is 0. The van der Waals surface area contributed by atoms with E-state index in [9.17, 15) is 0 Å². The highest BCUT2D eigenvalue weighted by Crippen LogP contribution is 2.16. The van der Waals surface area contributed by atoms with E-state index in [0.29, 0.717) is 6.42 Å². The van der Waals surface area contributed by atoms with Gasteiger partial charge in [-0.2, -0.15) is 5.26 Å². The normalized spacial score (nSPS) is 9.71. The van der Waals surface area contributed by atoms with E-state index in [2.05, 4.69) is 25.1 Å². The number of nitriles is 1. The molecule has 2 N–H and O–H groups in total. The Hall–Kier alpha value is -1.49. The lowest BCUT2D eigenvalue weighted by atomic mass is 10.0. The maximum absolute atomic E-state index is 8.41. The lowest BCUT2D eigenvalue weighted by molar-refractivity contribution is 0.850. The van der Waals surface area contributed by atoms with Gasteiger partial charge in [-0.15, -0.1) is 0 Å². The molecule has 14 heavy (non-hydrogen) atoms. The minimum atomic E-state index is 0.620. The van der Waals surface area contributed by atoms with Crippen molar-refractivity contribution >= 4 is 5.69 Å². The van der Waals surface area contributed by atoms with Crippen LogP contribution in [-0.2, 0) is 12.8 Å². The highest BCUT2D eigenvalue weighted by molar-refractivity contribution is 5.49. The number of aryl methyl sites for hydroxylation is 2. The van der Waals surface area contributed by atoms with Gasteiger partial charge in [-0.1, -0.05) is 19.1 Å². The van der Waals surface area contributed by atoms with Crippen LogP contribution in [0.4, 0.5) is 5.69 Å². The van der Waals surface area contributed by atoms with Gasteiger partial charge in [0, 0.05) is 12.1 Å². The highest BCUT2D eigenvalue weighted by atomic mass is 14.6. The Morgan fingerprint density at radius 3 is 2.79 bits per heavy atom. The third kappa shape index (κ3) is 2.77. The summed E-state index contributed by atoms with van der Waals surface area (Å²) in [6.45, 7) is 2.10. The van der Waals surface area contributed by atoms with Crippen molar-refractivity contribution in [2.75, 3.05) is 5.73 Å². The number of hydrogen-bond acceptors (Lipinski definition) is 2. The summed E-state index contributed by atoms with van der Waals surface area (Å²) in [5.41, 5.74) is 9.18. The Kier molecular flexibility index (Phi) is 4.00. The van der Waals surface area contributed by atoms with Crippen LogP contribution in [0.25, 0.3) is 0 Å². The molecule has 0 unspecified atom stereocenters. The van der Waals surface area contributed by atoms with Gasteiger partial charge in [0.25, 0.3) is 0 Å². The molecule has 0 fully saturated rings. The molecule has 0 aromatic heterocycles.